The number of ether oxygens (including phenoxy) is 2. The molecule has 1 aliphatic heterocycles. The Kier molecular flexibility index (Phi) is 2.60. The molecule has 0 radical (unpaired) electrons. The minimum absolute atomic E-state index is 0.144. The Morgan fingerprint density at radius 3 is 3.20 bits per heavy atom. The highest BCUT2D eigenvalue weighted by Gasteiger charge is 2.26. The van der Waals surface area contributed by atoms with Gasteiger partial charge in [0.25, 0.3) is 0 Å². The molecule has 1 aromatic rings. The molecule has 0 bridgehead atoms. The van der Waals surface area contributed by atoms with Crippen LogP contribution in [0.3, 0.4) is 0 Å². The molecule has 1 heterocycles. The Hall–Kier alpha value is -1.55. The van der Waals surface area contributed by atoms with E-state index in [2.05, 4.69) is 0 Å². The highest BCUT2D eigenvalue weighted by molar-refractivity contribution is 5.93. The van der Waals surface area contributed by atoms with Gasteiger partial charge in [0.2, 0.25) is 0 Å². The quantitative estimate of drug-likeness (QED) is 0.741. The molecule has 0 amide bonds. The van der Waals surface area contributed by atoms with Crippen molar-refractivity contribution in [3.05, 3.63) is 29.3 Å². The summed E-state index contributed by atoms with van der Waals surface area (Å²) in [5.41, 5.74) is 7.15. The van der Waals surface area contributed by atoms with E-state index < -0.39 is 0 Å². The molecule has 0 aliphatic carbocycles. The summed E-state index contributed by atoms with van der Waals surface area (Å²) in [6.07, 6.45) is 0. The fourth-order valence-electron chi connectivity index (χ4n) is 1.64. The summed E-state index contributed by atoms with van der Waals surface area (Å²) in [7, 11) is 0. The van der Waals surface area contributed by atoms with Crippen LogP contribution < -0.4 is 10.5 Å². The molecule has 1 unspecified atom stereocenters. The Morgan fingerprint density at radius 1 is 1.67 bits per heavy atom. The number of rotatable bonds is 2. The van der Waals surface area contributed by atoms with E-state index in [1.165, 1.54) is 0 Å². The maximum atomic E-state index is 11.6. The Balaban J connectivity index is 2.38. The Bertz CT molecular complexity index is 389. The molecule has 4 nitrogen and oxygen atoms in total. The van der Waals surface area contributed by atoms with Crippen molar-refractivity contribution in [1.29, 1.82) is 0 Å². The summed E-state index contributed by atoms with van der Waals surface area (Å²) in [6, 6.07) is 5.21. The fourth-order valence-corrected chi connectivity index (χ4v) is 1.64. The molecule has 1 aromatic carbocycles. The van der Waals surface area contributed by atoms with E-state index in [-0.39, 0.29) is 12.0 Å². The maximum absolute atomic E-state index is 11.6. The normalized spacial score (nSPS) is 18.1. The SMILES string of the molecule is CCOC(=O)c1cccc2c1OCC2N. The van der Waals surface area contributed by atoms with Gasteiger partial charge in [-0.2, -0.15) is 0 Å². The first-order valence-electron chi connectivity index (χ1n) is 4.92. The van der Waals surface area contributed by atoms with E-state index in [1.54, 1.807) is 19.1 Å². The Morgan fingerprint density at radius 2 is 2.47 bits per heavy atom. The van der Waals surface area contributed by atoms with Crippen molar-refractivity contribution in [2.75, 3.05) is 13.2 Å². The Labute approximate surface area is 88.0 Å². The topological polar surface area (TPSA) is 61.5 Å². The number of fused-ring (bicyclic) bond motifs is 1. The number of esters is 1. The first-order chi connectivity index (χ1) is 7.24. The van der Waals surface area contributed by atoms with Gasteiger partial charge in [-0.15, -0.1) is 0 Å². The van der Waals surface area contributed by atoms with Crippen molar-refractivity contribution in [3.8, 4) is 5.75 Å². The number of nitrogens with two attached hydrogens (primary N) is 1. The standard InChI is InChI=1S/C11H13NO3/c1-2-14-11(13)8-5-3-4-7-9(12)6-15-10(7)8/h3-5,9H,2,6,12H2,1H3. The summed E-state index contributed by atoms with van der Waals surface area (Å²) in [4.78, 5) is 11.6. The third-order valence-corrected chi connectivity index (χ3v) is 2.35. The summed E-state index contributed by atoms with van der Waals surface area (Å²) in [5.74, 6) is 0.215. The van der Waals surface area contributed by atoms with E-state index in [4.69, 9.17) is 15.2 Å². The number of carbonyl (C=O) groups excluding carboxylic acids is 1. The molecule has 1 aliphatic rings. The lowest BCUT2D eigenvalue weighted by Crippen LogP contribution is -2.10. The number of benzene rings is 1. The highest BCUT2D eigenvalue weighted by atomic mass is 16.5. The van der Waals surface area contributed by atoms with Crippen LogP contribution in [0, 0.1) is 0 Å². The smallest absolute Gasteiger partial charge is 0.341 e. The zero-order chi connectivity index (χ0) is 10.8. The van der Waals surface area contributed by atoms with Crippen molar-refractivity contribution in [1.82, 2.24) is 0 Å². The molecule has 0 spiro atoms. The average Bonchev–Trinajstić information content (AvgIpc) is 2.61. The van der Waals surface area contributed by atoms with Crippen LogP contribution in [0.25, 0.3) is 0 Å². The van der Waals surface area contributed by atoms with E-state index in [0.717, 1.165) is 5.56 Å². The van der Waals surface area contributed by atoms with Crippen molar-refractivity contribution in [3.63, 3.8) is 0 Å². The van der Waals surface area contributed by atoms with Crippen LogP contribution in [0.5, 0.6) is 5.75 Å². The molecular formula is C11H13NO3. The van der Waals surface area contributed by atoms with Crippen molar-refractivity contribution in [2.45, 2.75) is 13.0 Å². The second-order valence-electron chi connectivity index (χ2n) is 3.36. The number of hydrogen-bond donors (Lipinski definition) is 1. The van der Waals surface area contributed by atoms with Gasteiger partial charge in [-0.1, -0.05) is 12.1 Å². The van der Waals surface area contributed by atoms with Gasteiger partial charge in [-0.3, -0.25) is 0 Å². The zero-order valence-corrected chi connectivity index (χ0v) is 8.53. The first-order valence-corrected chi connectivity index (χ1v) is 4.92. The lowest BCUT2D eigenvalue weighted by atomic mass is 10.1. The minimum atomic E-state index is -0.358. The second-order valence-corrected chi connectivity index (χ2v) is 3.36. The van der Waals surface area contributed by atoms with Crippen molar-refractivity contribution < 1.29 is 14.3 Å². The molecule has 80 valence electrons. The van der Waals surface area contributed by atoms with E-state index in [1.807, 2.05) is 6.07 Å². The van der Waals surface area contributed by atoms with Crippen LogP contribution in [-0.4, -0.2) is 19.2 Å². The number of hydrogen-bond acceptors (Lipinski definition) is 4. The summed E-state index contributed by atoms with van der Waals surface area (Å²) in [6.45, 7) is 2.55. The molecule has 0 fully saturated rings. The minimum Gasteiger partial charge on any atom is -0.490 e. The largest absolute Gasteiger partial charge is 0.490 e. The molecule has 0 saturated carbocycles. The molecule has 15 heavy (non-hydrogen) atoms. The molecule has 4 heteroatoms. The fraction of sp³-hybridized carbons (Fsp3) is 0.364. The van der Waals surface area contributed by atoms with Gasteiger partial charge in [0, 0.05) is 5.56 Å². The summed E-state index contributed by atoms with van der Waals surface area (Å²) >= 11 is 0. The van der Waals surface area contributed by atoms with E-state index in [0.29, 0.717) is 24.5 Å². The van der Waals surface area contributed by atoms with Gasteiger partial charge in [0.1, 0.15) is 17.9 Å². The number of carbonyl (C=O) groups is 1. The molecule has 0 aromatic heterocycles. The predicted molar refractivity (Wildman–Crippen MR) is 54.8 cm³/mol. The van der Waals surface area contributed by atoms with Crippen LogP contribution in [-0.2, 0) is 4.74 Å². The van der Waals surface area contributed by atoms with E-state index >= 15 is 0 Å². The van der Waals surface area contributed by atoms with Gasteiger partial charge in [-0.25, -0.2) is 4.79 Å². The van der Waals surface area contributed by atoms with Gasteiger partial charge >= 0.3 is 5.97 Å². The predicted octanol–water partition coefficient (Wildman–Crippen LogP) is 1.26. The van der Waals surface area contributed by atoms with Gasteiger partial charge < -0.3 is 15.2 Å². The van der Waals surface area contributed by atoms with Crippen molar-refractivity contribution in [2.24, 2.45) is 5.73 Å². The molecule has 1 atom stereocenters. The maximum Gasteiger partial charge on any atom is 0.341 e. The monoisotopic (exact) mass is 207 g/mol. The third kappa shape index (κ3) is 1.68. The zero-order valence-electron chi connectivity index (χ0n) is 8.53. The lowest BCUT2D eigenvalue weighted by molar-refractivity contribution is 0.0522. The molecule has 2 rings (SSSR count). The van der Waals surface area contributed by atoms with Gasteiger partial charge in [-0.05, 0) is 13.0 Å². The molecular weight excluding hydrogens is 194 g/mol. The van der Waals surface area contributed by atoms with Crippen LogP contribution in [0.1, 0.15) is 28.9 Å². The average molecular weight is 207 g/mol. The number of para-hydroxylation sites is 1. The van der Waals surface area contributed by atoms with Crippen LogP contribution >= 0.6 is 0 Å². The highest BCUT2D eigenvalue weighted by Crippen LogP contribution is 2.34. The third-order valence-electron chi connectivity index (χ3n) is 2.35. The van der Waals surface area contributed by atoms with Crippen LogP contribution in [0.15, 0.2) is 18.2 Å². The lowest BCUT2D eigenvalue weighted by Gasteiger charge is -2.06. The van der Waals surface area contributed by atoms with E-state index in [9.17, 15) is 4.79 Å². The summed E-state index contributed by atoms with van der Waals surface area (Å²) in [5, 5.41) is 0. The van der Waals surface area contributed by atoms with Crippen LogP contribution in [0.4, 0.5) is 0 Å². The molecule has 2 N–H and O–H groups in total. The van der Waals surface area contributed by atoms with Crippen molar-refractivity contribution >= 4 is 5.97 Å². The first kappa shape index (κ1) is 9.98. The molecule has 0 saturated heterocycles. The van der Waals surface area contributed by atoms with Gasteiger partial charge in [0.05, 0.1) is 12.6 Å². The summed E-state index contributed by atoms with van der Waals surface area (Å²) < 4.78 is 10.3. The van der Waals surface area contributed by atoms with Crippen LogP contribution in [0.2, 0.25) is 0 Å². The van der Waals surface area contributed by atoms with Gasteiger partial charge in [0.15, 0.2) is 0 Å². The second kappa shape index (κ2) is 3.90.